The maximum absolute atomic E-state index is 12.8. The highest BCUT2D eigenvalue weighted by Crippen LogP contribution is 2.22. The van der Waals surface area contributed by atoms with Crippen molar-refractivity contribution in [2.24, 2.45) is 0 Å². The molecule has 1 aromatic heterocycles. The maximum Gasteiger partial charge on any atom is 0.307 e. The molecule has 0 saturated heterocycles. The normalized spacial score (nSPS) is 11.6. The van der Waals surface area contributed by atoms with Gasteiger partial charge in [0.2, 0.25) is 15.6 Å². The number of fused-ring (bicyclic) bond motifs is 1. The van der Waals surface area contributed by atoms with Crippen molar-refractivity contribution in [1.82, 2.24) is 14.6 Å². The zero-order valence-electron chi connectivity index (χ0n) is 16.6. The van der Waals surface area contributed by atoms with Crippen molar-refractivity contribution in [3.05, 3.63) is 40.2 Å². The van der Waals surface area contributed by atoms with Gasteiger partial charge in [0.05, 0.1) is 23.5 Å². The maximum atomic E-state index is 12.8. The van der Waals surface area contributed by atoms with Gasteiger partial charge in [-0.2, -0.15) is 4.31 Å². The second-order valence-corrected chi connectivity index (χ2v) is 8.09. The highest BCUT2D eigenvalue weighted by atomic mass is 32.2. The number of H-pyrrole nitrogens is 1. The van der Waals surface area contributed by atoms with Crippen LogP contribution in [0.3, 0.4) is 0 Å². The number of rotatable bonds is 9. The molecule has 10 heteroatoms. The lowest BCUT2D eigenvalue weighted by atomic mass is 10.1. The Hall–Kier alpha value is -2.72. The first kappa shape index (κ1) is 22.6. The summed E-state index contributed by atoms with van der Waals surface area (Å²) >= 11 is 0. The number of nitrogens with zero attached hydrogens (tertiary/aromatic N) is 1. The van der Waals surface area contributed by atoms with Gasteiger partial charge in [-0.3, -0.25) is 14.4 Å². The molecule has 0 aliphatic carbocycles. The molecule has 29 heavy (non-hydrogen) atoms. The molecule has 2 N–H and O–H groups in total. The molecule has 0 unspecified atom stereocenters. The Morgan fingerprint density at radius 3 is 2.45 bits per heavy atom. The fourth-order valence-electron chi connectivity index (χ4n) is 2.90. The fraction of sp³-hybridized carbons (Fsp3) is 0.421. The van der Waals surface area contributed by atoms with E-state index in [2.05, 4.69) is 10.3 Å². The summed E-state index contributed by atoms with van der Waals surface area (Å²) in [7, 11) is -3.73. The highest BCUT2D eigenvalue weighted by molar-refractivity contribution is 7.89. The molecular formula is C19H25N3O6S. The third-order valence-electron chi connectivity index (χ3n) is 4.32. The summed E-state index contributed by atoms with van der Waals surface area (Å²) in [6.45, 7) is 6.05. The monoisotopic (exact) mass is 423 g/mol. The molecule has 1 heterocycles. The molecule has 0 aliphatic heterocycles. The molecular weight excluding hydrogens is 398 g/mol. The number of pyridine rings is 1. The second kappa shape index (κ2) is 9.66. The van der Waals surface area contributed by atoms with E-state index in [1.165, 1.54) is 22.5 Å². The largest absolute Gasteiger partial charge is 0.466 e. The highest BCUT2D eigenvalue weighted by Gasteiger charge is 2.23. The summed E-state index contributed by atoms with van der Waals surface area (Å²) in [6, 6.07) is 5.34. The zero-order chi connectivity index (χ0) is 21.6. The predicted molar refractivity (Wildman–Crippen MR) is 108 cm³/mol. The van der Waals surface area contributed by atoms with Crippen LogP contribution in [0.25, 0.3) is 10.9 Å². The van der Waals surface area contributed by atoms with Gasteiger partial charge in [-0.05, 0) is 25.1 Å². The fourth-order valence-corrected chi connectivity index (χ4v) is 4.39. The van der Waals surface area contributed by atoms with Crippen LogP contribution in [-0.2, 0) is 19.6 Å². The molecule has 0 radical (unpaired) electrons. The van der Waals surface area contributed by atoms with Gasteiger partial charge < -0.3 is 15.0 Å². The molecule has 0 spiro atoms. The summed E-state index contributed by atoms with van der Waals surface area (Å²) in [5, 5.41) is 2.86. The standard InChI is InChI=1S/C19H25N3O6S/c1-4-22(5-2)29(26,27)13-7-8-16-14(11-13)15(12-17(23)21-16)19(25)20-10-9-18(24)28-6-3/h7-8,11-12H,4-6,9-10H2,1-3H3,(H,20,25)(H,21,23). The molecule has 158 valence electrons. The molecule has 0 atom stereocenters. The molecule has 0 fully saturated rings. The minimum absolute atomic E-state index is 0.0116. The quantitative estimate of drug-likeness (QED) is 0.585. The molecule has 9 nitrogen and oxygen atoms in total. The molecule has 2 rings (SSSR count). The predicted octanol–water partition coefficient (Wildman–Crippen LogP) is 1.24. The summed E-state index contributed by atoms with van der Waals surface area (Å²) in [6.07, 6.45) is -0.0116. The topological polar surface area (TPSA) is 126 Å². The average molecular weight is 423 g/mol. The number of sulfonamides is 1. The Morgan fingerprint density at radius 1 is 1.14 bits per heavy atom. The van der Waals surface area contributed by atoms with E-state index >= 15 is 0 Å². The van der Waals surface area contributed by atoms with Crippen LogP contribution in [0.5, 0.6) is 0 Å². The van der Waals surface area contributed by atoms with Gasteiger partial charge in [0.15, 0.2) is 0 Å². The Balaban J connectivity index is 2.41. The van der Waals surface area contributed by atoms with E-state index in [0.717, 1.165) is 6.07 Å². The van der Waals surface area contributed by atoms with E-state index in [1.54, 1.807) is 20.8 Å². The lowest BCUT2D eigenvalue weighted by Gasteiger charge is -2.19. The Bertz CT molecular complexity index is 1060. The van der Waals surface area contributed by atoms with Crippen molar-refractivity contribution in [1.29, 1.82) is 0 Å². The number of hydrogen-bond acceptors (Lipinski definition) is 6. The molecule has 0 bridgehead atoms. The van der Waals surface area contributed by atoms with Crippen LogP contribution in [0.4, 0.5) is 0 Å². The number of esters is 1. The van der Waals surface area contributed by atoms with Crippen molar-refractivity contribution in [2.75, 3.05) is 26.2 Å². The lowest BCUT2D eigenvalue weighted by molar-refractivity contribution is -0.142. The van der Waals surface area contributed by atoms with E-state index in [9.17, 15) is 22.8 Å². The first-order valence-electron chi connectivity index (χ1n) is 9.35. The average Bonchev–Trinajstić information content (AvgIpc) is 2.67. The molecule has 0 saturated carbocycles. The number of benzene rings is 1. The smallest absolute Gasteiger partial charge is 0.307 e. The SMILES string of the molecule is CCOC(=O)CCNC(=O)c1cc(=O)[nH]c2ccc(S(=O)(=O)N(CC)CC)cc12. The number of carbonyl (C=O) groups is 2. The van der Waals surface area contributed by atoms with Gasteiger partial charge in [0, 0.05) is 36.6 Å². The first-order chi connectivity index (χ1) is 13.7. The van der Waals surface area contributed by atoms with Crippen LogP contribution < -0.4 is 10.9 Å². The second-order valence-electron chi connectivity index (χ2n) is 6.15. The van der Waals surface area contributed by atoms with Crippen LogP contribution in [0.2, 0.25) is 0 Å². The van der Waals surface area contributed by atoms with Crippen LogP contribution in [0, 0.1) is 0 Å². The number of nitrogens with one attached hydrogen (secondary N) is 2. The van der Waals surface area contributed by atoms with Crippen LogP contribution in [0.15, 0.2) is 34.0 Å². The van der Waals surface area contributed by atoms with Crippen LogP contribution in [0.1, 0.15) is 37.6 Å². The van der Waals surface area contributed by atoms with Crippen molar-refractivity contribution < 1.29 is 22.7 Å². The molecule has 1 aromatic carbocycles. The van der Waals surface area contributed by atoms with E-state index in [1.807, 2.05) is 0 Å². The summed E-state index contributed by atoms with van der Waals surface area (Å²) in [5.74, 6) is -1.03. The molecule has 1 amide bonds. The van der Waals surface area contributed by atoms with Crippen LogP contribution in [-0.4, -0.2) is 55.8 Å². The number of aromatic nitrogens is 1. The van der Waals surface area contributed by atoms with Gasteiger partial charge in [-0.25, -0.2) is 8.42 Å². The van der Waals surface area contributed by atoms with E-state index in [-0.39, 0.29) is 30.0 Å². The van der Waals surface area contributed by atoms with Crippen LogP contribution >= 0.6 is 0 Å². The Labute approximate surface area is 169 Å². The van der Waals surface area contributed by atoms with Gasteiger partial charge in [-0.15, -0.1) is 0 Å². The Morgan fingerprint density at radius 2 is 1.83 bits per heavy atom. The number of carbonyl (C=O) groups excluding carboxylic acids is 2. The minimum atomic E-state index is -3.73. The molecule has 0 aliphatic rings. The number of ether oxygens (including phenoxy) is 1. The first-order valence-corrected chi connectivity index (χ1v) is 10.8. The number of aromatic amines is 1. The van der Waals surface area contributed by atoms with Crippen molar-refractivity contribution >= 4 is 32.8 Å². The van der Waals surface area contributed by atoms with Gasteiger partial charge in [-0.1, -0.05) is 13.8 Å². The van der Waals surface area contributed by atoms with Gasteiger partial charge in [0.25, 0.3) is 5.91 Å². The third-order valence-corrected chi connectivity index (χ3v) is 6.37. The minimum Gasteiger partial charge on any atom is -0.466 e. The van der Waals surface area contributed by atoms with E-state index in [4.69, 9.17) is 4.74 Å². The van der Waals surface area contributed by atoms with E-state index in [0.29, 0.717) is 24.0 Å². The summed E-state index contributed by atoms with van der Waals surface area (Å²) < 4.78 is 31.7. The van der Waals surface area contributed by atoms with Gasteiger partial charge in [0.1, 0.15) is 0 Å². The van der Waals surface area contributed by atoms with Crippen molar-refractivity contribution in [3.63, 3.8) is 0 Å². The number of amides is 1. The zero-order valence-corrected chi connectivity index (χ0v) is 17.5. The van der Waals surface area contributed by atoms with Crippen molar-refractivity contribution in [3.8, 4) is 0 Å². The third kappa shape index (κ3) is 5.21. The summed E-state index contributed by atoms with van der Waals surface area (Å²) in [4.78, 5) is 38.5. The van der Waals surface area contributed by atoms with Gasteiger partial charge >= 0.3 is 5.97 Å². The lowest BCUT2D eigenvalue weighted by Crippen LogP contribution is -2.30. The molecule has 2 aromatic rings. The van der Waals surface area contributed by atoms with Crippen molar-refractivity contribution in [2.45, 2.75) is 32.1 Å². The van der Waals surface area contributed by atoms with E-state index < -0.39 is 27.5 Å². The Kier molecular flexibility index (Phi) is 7.52. The number of hydrogen-bond donors (Lipinski definition) is 2. The summed E-state index contributed by atoms with van der Waals surface area (Å²) in [5.41, 5.74) is -0.122.